The summed E-state index contributed by atoms with van der Waals surface area (Å²) in [6.45, 7) is 0. The molecule has 0 amide bonds. The molecule has 0 aliphatic carbocycles. The van der Waals surface area contributed by atoms with Crippen LogP contribution in [0.5, 0.6) is 0 Å². The summed E-state index contributed by atoms with van der Waals surface area (Å²) in [5.74, 6) is 0.651. The highest BCUT2D eigenvalue weighted by Crippen LogP contribution is 2.46. The normalized spacial score (nSPS) is 11.4. The second-order valence-corrected chi connectivity index (χ2v) is 16.4. The number of hydrogen-bond acceptors (Lipinski definition) is 6. The Balaban J connectivity index is 1.32. The predicted molar refractivity (Wildman–Crippen MR) is 264 cm³/mol. The van der Waals surface area contributed by atoms with Crippen LogP contribution >= 0.6 is 0 Å². The highest BCUT2D eigenvalue weighted by Gasteiger charge is 2.35. The number of aromatic nitrogens is 5. The third kappa shape index (κ3) is 8.03. The van der Waals surface area contributed by atoms with Gasteiger partial charge in [-0.15, -0.1) is 0 Å². The number of benzene rings is 8. The maximum Gasteiger partial charge on any atom is 0.416 e. The first kappa shape index (κ1) is 42.1. The van der Waals surface area contributed by atoms with Crippen molar-refractivity contribution in [2.45, 2.75) is 6.18 Å². The molecule has 0 aliphatic rings. The molecule has 3 aromatic heterocycles. The van der Waals surface area contributed by atoms with Crippen LogP contribution in [-0.4, -0.2) is 24.5 Å². The Bertz CT molecular complexity index is 3540. The Hall–Kier alpha value is -9.51. The second kappa shape index (κ2) is 17.4. The van der Waals surface area contributed by atoms with Crippen LogP contribution in [0.25, 0.3) is 106 Å². The molecule has 0 bridgehead atoms. The van der Waals surface area contributed by atoms with Crippen molar-refractivity contribution in [2.24, 2.45) is 0 Å². The standard InChI is InChI=1S/C59H34F3N7/c60-59(61,62)45-31-48(52-33-50(39-15-5-1-6-16-39)65-57(67-52)41-19-9-3-10-20-41)56(49(32-45)53-34-51(40-17-7-2-8-18-40)66-58(68-53)42-21-11-4-12-22-42)69-54-24-14-13-23-46(54)47-26-25-43(30-55(47)69)44-28-37(35-63)27-38(29-44)36-64/h1-34H. The minimum atomic E-state index is -4.81. The number of nitriles is 2. The number of nitrogens with zero attached hydrogens (tertiary/aromatic N) is 7. The zero-order valence-electron chi connectivity index (χ0n) is 36.4. The lowest BCUT2D eigenvalue weighted by atomic mass is 9.95. The maximum atomic E-state index is 15.8. The van der Waals surface area contributed by atoms with E-state index in [4.69, 9.17) is 19.9 Å². The van der Waals surface area contributed by atoms with Gasteiger partial charge in [-0.3, -0.25) is 0 Å². The number of fused-ring (bicyclic) bond motifs is 3. The fourth-order valence-electron chi connectivity index (χ4n) is 8.86. The number of rotatable bonds is 8. The van der Waals surface area contributed by atoms with Gasteiger partial charge in [-0.05, 0) is 65.7 Å². The van der Waals surface area contributed by atoms with Crippen LogP contribution in [0.3, 0.4) is 0 Å². The van der Waals surface area contributed by atoms with Gasteiger partial charge in [-0.1, -0.05) is 152 Å². The van der Waals surface area contributed by atoms with E-state index in [-0.39, 0.29) is 22.5 Å². The summed E-state index contributed by atoms with van der Waals surface area (Å²) in [5, 5.41) is 21.6. The van der Waals surface area contributed by atoms with Crippen molar-refractivity contribution in [1.29, 1.82) is 10.5 Å². The molecule has 11 aromatic rings. The van der Waals surface area contributed by atoms with Gasteiger partial charge in [0.2, 0.25) is 0 Å². The lowest BCUT2D eigenvalue weighted by molar-refractivity contribution is -0.137. The molecule has 0 atom stereocenters. The Morgan fingerprint density at radius 3 is 1.29 bits per heavy atom. The summed E-state index contributed by atoms with van der Waals surface area (Å²) in [7, 11) is 0. The zero-order chi connectivity index (χ0) is 47.1. The molecule has 10 heteroatoms. The molecule has 3 heterocycles. The van der Waals surface area contributed by atoms with E-state index in [1.54, 1.807) is 24.3 Å². The molecule has 0 unspecified atom stereocenters. The smallest absolute Gasteiger partial charge is 0.308 e. The number of hydrogen-bond donors (Lipinski definition) is 0. The minimum Gasteiger partial charge on any atom is -0.308 e. The van der Waals surface area contributed by atoms with Crippen LogP contribution in [0.2, 0.25) is 0 Å². The molecule has 0 fully saturated rings. The fraction of sp³-hybridized carbons (Fsp3) is 0.0169. The largest absolute Gasteiger partial charge is 0.416 e. The zero-order valence-corrected chi connectivity index (χ0v) is 36.4. The maximum absolute atomic E-state index is 15.8. The van der Waals surface area contributed by atoms with E-state index in [1.165, 1.54) is 18.2 Å². The Labute approximate surface area is 394 Å². The van der Waals surface area contributed by atoms with Gasteiger partial charge >= 0.3 is 6.18 Å². The third-order valence-electron chi connectivity index (χ3n) is 12.1. The highest BCUT2D eigenvalue weighted by atomic mass is 19.4. The summed E-state index contributed by atoms with van der Waals surface area (Å²) >= 11 is 0. The van der Waals surface area contributed by atoms with Gasteiger partial charge in [0, 0.05) is 44.2 Å². The molecule has 0 radical (unpaired) electrons. The van der Waals surface area contributed by atoms with Crippen LogP contribution in [-0.2, 0) is 6.18 Å². The van der Waals surface area contributed by atoms with E-state index in [0.717, 1.165) is 21.9 Å². The summed E-state index contributed by atoms with van der Waals surface area (Å²) in [4.78, 5) is 20.3. The van der Waals surface area contributed by atoms with Gasteiger partial charge in [0.25, 0.3) is 0 Å². The van der Waals surface area contributed by atoms with Crippen molar-refractivity contribution in [3.8, 4) is 96.8 Å². The van der Waals surface area contributed by atoms with Gasteiger partial charge in [0.1, 0.15) is 0 Å². The Morgan fingerprint density at radius 1 is 0.377 bits per heavy atom. The molecule has 69 heavy (non-hydrogen) atoms. The van der Waals surface area contributed by atoms with E-state index >= 15 is 13.2 Å². The summed E-state index contributed by atoms with van der Waals surface area (Å²) in [5.41, 5.74) is 7.49. The molecular formula is C59H34F3N7. The molecule has 0 N–H and O–H groups in total. The molecule has 0 saturated heterocycles. The quantitative estimate of drug-likeness (QED) is 0.150. The molecular weight excluding hydrogens is 864 g/mol. The Kier molecular flexibility index (Phi) is 10.6. The van der Waals surface area contributed by atoms with E-state index in [0.29, 0.717) is 73.1 Å². The van der Waals surface area contributed by atoms with Crippen LogP contribution in [0.1, 0.15) is 16.7 Å². The Morgan fingerprint density at radius 2 is 0.812 bits per heavy atom. The lowest BCUT2D eigenvalue weighted by Gasteiger charge is -2.22. The van der Waals surface area contributed by atoms with Crippen molar-refractivity contribution in [2.75, 3.05) is 0 Å². The van der Waals surface area contributed by atoms with Crippen molar-refractivity contribution < 1.29 is 13.2 Å². The molecule has 0 spiro atoms. The number of halogens is 3. The second-order valence-electron chi connectivity index (χ2n) is 16.4. The highest BCUT2D eigenvalue weighted by molar-refractivity contribution is 6.11. The molecule has 11 rings (SSSR count). The van der Waals surface area contributed by atoms with Gasteiger partial charge < -0.3 is 4.57 Å². The van der Waals surface area contributed by atoms with Crippen molar-refractivity contribution in [3.63, 3.8) is 0 Å². The molecule has 326 valence electrons. The van der Waals surface area contributed by atoms with Crippen LogP contribution in [0, 0.1) is 22.7 Å². The monoisotopic (exact) mass is 897 g/mol. The summed E-state index contributed by atoms with van der Waals surface area (Å²) in [6, 6.07) is 66.4. The molecule has 7 nitrogen and oxygen atoms in total. The van der Waals surface area contributed by atoms with Crippen molar-refractivity contribution in [3.05, 3.63) is 223 Å². The van der Waals surface area contributed by atoms with E-state index in [1.807, 2.05) is 168 Å². The van der Waals surface area contributed by atoms with Crippen molar-refractivity contribution >= 4 is 21.8 Å². The van der Waals surface area contributed by atoms with Gasteiger partial charge in [-0.25, -0.2) is 19.9 Å². The predicted octanol–water partition coefficient (Wildman–Crippen LogP) is 14.8. The van der Waals surface area contributed by atoms with Crippen LogP contribution in [0.15, 0.2) is 206 Å². The fourth-order valence-corrected chi connectivity index (χ4v) is 8.86. The first-order valence-electron chi connectivity index (χ1n) is 22.0. The van der Waals surface area contributed by atoms with E-state index < -0.39 is 11.7 Å². The van der Waals surface area contributed by atoms with Crippen molar-refractivity contribution in [1.82, 2.24) is 24.5 Å². The number of para-hydroxylation sites is 1. The van der Waals surface area contributed by atoms with Gasteiger partial charge in [-0.2, -0.15) is 23.7 Å². The SMILES string of the molecule is N#Cc1cc(C#N)cc(-c2ccc3c4ccccc4n(-c4c(-c5cc(-c6ccccc6)nc(-c6ccccc6)n5)cc(C(F)(F)F)cc4-c4cc(-c5ccccc5)nc(-c5ccccc5)n4)c3c2)c1. The van der Waals surface area contributed by atoms with Gasteiger partial charge in [0.15, 0.2) is 11.6 Å². The van der Waals surface area contributed by atoms with Crippen LogP contribution in [0.4, 0.5) is 13.2 Å². The first-order chi connectivity index (χ1) is 33.7. The lowest BCUT2D eigenvalue weighted by Crippen LogP contribution is -2.10. The number of alkyl halides is 3. The van der Waals surface area contributed by atoms with E-state index in [2.05, 4.69) is 12.1 Å². The van der Waals surface area contributed by atoms with Crippen LogP contribution < -0.4 is 0 Å². The molecule has 8 aromatic carbocycles. The topological polar surface area (TPSA) is 104 Å². The average molecular weight is 898 g/mol. The summed E-state index contributed by atoms with van der Waals surface area (Å²) in [6.07, 6.45) is -4.81. The van der Waals surface area contributed by atoms with E-state index in [9.17, 15) is 10.5 Å². The molecule has 0 saturated carbocycles. The average Bonchev–Trinajstić information content (AvgIpc) is 3.74. The minimum absolute atomic E-state index is 0.170. The summed E-state index contributed by atoms with van der Waals surface area (Å²) < 4.78 is 49.3. The first-order valence-corrected chi connectivity index (χ1v) is 22.0. The van der Waals surface area contributed by atoms with Gasteiger partial charge in [0.05, 0.1) is 68.3 Å². The molecule has 0 aliphatic heterocycles. The third-order valence-corrected chi connectivity index (χ3v) is 12.1.